The van der Waals surface area contributed by atoms with E-state index in [0.29, 0.717) is 11.0 Å². The van der Waals surface area contributed by atoms with Crippen LogP contribution in [0.2, 0.25) is 0 Å². The Morgan fingerprint density at radius 2 is 1.85 bits per heavy atom. The van der Waals surface area contributed by atoms with Gasteiger partial charge in [0.25, 0.3) is 5.91 Å². The summed E-state index contributed by atoms with van der Waals surface area (Å²) in [5.74, 6) is 0.613. The number of hydrogen-bond donors (Lipinski definition) is 5. The summed E-state index contributed by atoms with van der Waals surface area (Å²) < 4.78 is 0. The molecule has 1 aromatic carbocycles. The average molecular weight is 481 g/mol. The molecule has 0 saturated heterocycles. The maximum atomic E-state index is 12.9. The lowest BCUT2D eigenvalue weighted by molar-refractivity contribution is -0.117. The summed E-state index contributed by atoms with van der Waals surface area (Å²) in [6.07, 6.45) is 1.90. The van der Waals surface area contributed by atoms with Gasteiger partial charge in [0, 0.05) is 33.8 Å². The van der Waals surface area contributed by atoms with Crippen molar-refractivity contribution >= 4 is 46.6 Å². The monoisotopic (exact) mass is 480 g/mol. The second-order valence-corrected chi connectivity index (χ2v) is 10.3. The van der Waals surface area contributed by atoms with E-state index in [1.807, 2.05) is 52.0 Å². The van der Waals surface area contributed by atoms with Crippen LogP contribution in [-0.2, 0) is 4.79 Å². The molecule has 1 saturated carbocycles. The van der Waals surface area contributed by atoms with E-state index in [2.05, 4.69) is 36.1 Å². The van der Waals surface area contributed by atoms with Gasteiger partial charge in [-0.2, -0.15) is 5.10 Å². The number of aromatic amines is 1. The fourth-order valence-electron chi connectivity index (χ4n) is 3.07. The van der Waals surface area contributed by atoms with Gasteiger partial charge >= 0.3 is 0 Å². The molecule has 11 heteroatoms. The highest BCUT2D eigenvalue weighted by Crippen LogP contribution is 2.32. The van der Waals surface area contributed by atoms with E-state index < -0.39 is 11.4 Å². The Bertz CT molecular complexity index is 1210. The number of carbonyl (C=O) groups excluding carboxylic acids is 2. The van der Waals surface area contributed by atoms with Gasteiger partial charge in [-0.05, 0) is 76.6 Å². The van der Waals surface area contributed by atoms with Crippen molar-refractivity contribution in [2.75, 3.05) is 16.4 Å². The number of carbonyl (C=O) groups is 2. The van der Waals surface area contributed by atoms with Crippen LogP contribution in [0.5, 0.6) is 0 Å². The molecule has 1 aliphatic carbocycles. The summed E-state index contributed by atoms with van der Waals surface area (Å²) >= 11 is 1.28. The first-order chi connectivity index (χ1) is 16.1. The van der Waals surface area contributed by atoms with E-state index in [-0.39, 0.29) is 29.0 Å². The quantitative estimate of drug-likeness (QED) is 0.320. The number of rotatable bonds is 7. The zero-order chi connectivity index (χ0) is 24.5. The number of H-pyrrole nitrogens is 1. The molecule has 0 bridgehead atoms. The topological polar surface area (TPSA) is 151 Å². The third kappa shape index (κ3) is 6.04. The standard InChI is InChI=1S/C23H28N8O2S/c1-12-11-16(31-30-12)26-19-17(24)18(21(33)29-23(2,3)4)27-22(28-19)34-15-9-7-14(8-10-15)25-20(32)13-5-6-13/h7-11,13H,5-6,24H2,1-4H3,(H,25,32)(H,29,33)(H2,26,27,28,30,31). The van der Waals surface area contributed by atoms with Gasteiger partial charge in [-0.15, -0.1) is 0 Å². The van der Waals surface area contributed by atoms with Crippen molar-refractivity contribution in [3.63, 3.8) is 0 Å². The van der Waals surface area contributed by atoms with Crippen LogP contribution < -0.4 is 21.7 Å². The molecule has 34 heavy (non-hydrogen) atoms. The van der Waals surface area contributed by atoms with Crippen LogP contribution in [0, 0.1) is 12.8 Å². The molecule has 1 aliphatic rings. The van der Waals surface area contributed by atoms with E-state index in [4.69, 9.17) is 5.73 Å². The van der Waals surface area contributed by atoms with Crippen LogP contribution in [0.1, 0.15) is 49.8 Å². The highest BCUT2D eigenvalue weighted by molar-refractivity contribution is 7.99. The Morgan fingerprint density at radius 1 is 1.15 bits per heavy atom. The van der Waals surface area contributed by atoms with Crippen molar-refractivity contribution in [2.45, 2.75) is 56.1 Å². The van der Waals surface area contributed by atoms with Crippen LogP contribution >= 0.6 is 11.8 Å². The maximum Gasteiger partial charge on any atom is 0.272 e. The second kappa shape index (κ2) is 9.34. The number of nitrogens with one attached hydrogen (secondary N) is 4. The molecule has 0 radical (unpaired) electrons. The summed E-state index contributed by atoms with van der Waals surface area (Å²) in [4.78, 5) is 34.7. The van der Waals surface area contributed by atoms with Crippen molar-refractivity contribution in [3.05, 3.63) is 41.7 Å². The normalized spacial score (nSPS) is 13.4. The highest BCUT2D eigenvalue weighted by Gasteiger charge is 2.29. The Kier molecular flexibility index (Phi) is 6.47. The van der Waals surface area contributed by atoms with Gasteiger partial charge < -0.3 is 21.7 Å². The molecule has 0 atom stereocenters. The molecule has 1 fully saturated rings. The summed E-state index contributed by atoms with van der Waals surface area (Å²) in [5, 5.41) is 16.2. The predicted molar refractivity (Wildman–Crippen MR) is 132 cm³/mol. The van der Waals surface area contributed by atoms with Crippen LogP contribution in [0.25, 0.3) is 0 Å². The molecule has 3 aromatic rings. The van der Waals surface area contributed by atoms with Crippen molar-refractivity contribution < 1.29 is 9.59 Å². The zero-order valence-electron chi connectivity index (χ0n) is 19.5. The molecule has 0 spiro atoms. The Labute approximate surface area is 201 Å². The number of amides is 2. The maximum absolute atomic E-state index is 12.9. The number of nitrogen functional groups attached to an aromatic ring is 1. The zero-order valence-corrected chi connectivity index (χ0v) is 20.3. The third-order valence-corrected chi connectivity index (χ3v) is 5.73. The van der Waals surface area contributed by atoms with E-state index >= 15 is 0 Å². The summed E-state index contributed by atoms with van der Waals surface area (Å²) in [7, 11) is 0. The largest absolute Gasteiger partial charge is 0.394 e. The number of hydrogen-bond acceptors (Lipinski definition) is 8. The first-order valence-electron chi connectivity index (χ1n) is 11.0. The lowest BCUT2D eigenvalue weighted by Gasteiger charge is -2.21. The number of benzene rings is 1. The fourth-order valence-corrected chi connectivity index (χ4v) is 3.82. The molecule has 0 unspecified atom stereocenters. The first kappa shape index (κ1) is 23.6. The van der Waals surface area contributed by atoms with Crippen molar-refractivity contribution in [2.24, 2.45) is 5.92 Å². The van der Waals surface area contributed by atoms with Gasteiger partial charge in [-0.3, -0.25) is 14.7 Å². The van der Waals surface area contributed by atoms with E-state index in [1.165, 1.54) is 11.8 Å². The summed E-state index contributed by atoms with van der Waals surface area (Å²) in [5.41, 5.74) is 7.63. The lowest BCUT2D eigenvalue weighted by Crippen LogP contribution is -2.41. The van der Waals surface area contributed by atoms with E-state index in [1.54, 1.807) is 6.07 Å². The molecule has 178 valence electrons. The minimum Gasteiger partial charge on any atom is -0.394 e. The molecule has 2 amide bonds. The fraction of sp³-hybridized carbons (Fsp3) is 0.348. The van der Waals surface area contributed by atoms with Gasteiger partial charge in [0.2, 0.25) is 5.91 Å². The van der Waals surface area contributed by atoms with Gasteiger partial charge in [0.1, 0.15) is 5.69 Å². The molecule has 4 rings (SSSR count). The van der Waals surface area contributed by atoms with Gasteiger partial charge in [-0.1, -0.05) is 0 Å². The molecule has 6 N–H and O–H groups in total. The van der Waals surface area contributed by atoms with Crippen LogP contribution in [-0.4, -0.2) is 37.5 Å². The molecule has 10 nitrogen and oxygen atoms in total. The molecule has 2 heterocycles. The van der Waals surface area contributed by atoms with Crippen LogP contribution in [0.4, 0.5) is 23.0 Å². The molecular weight excluding hydrogens is 452 g/mol. The summed E-state index contributed by atoms with van der Waals surface area (Å²) in [6.45, 7) is 7.52. The number of nitrogens with two attached hydrogens (primary N) is 1. The third-order valence-electron chi connectivity index (χ3n) is 4.86. The lowest BCUT2D eigenvalue weighted by atomic mass is 10.1. The van der Waals surface area contributed by atoms with E-state index in [9.17, 15) is 9.59 Å². The van der Waals surface area contributed by atoms with Crippen molar-refractivity contribution in [3.8, 4) is 0 Å². The van der Waals surface area contributed by atoms with Crippen molar-refractivity contribution in [1.82, 2.24) is 25.5 Å². The summed E-state index contributed by atoms with van der Waals surface area (Å²) in [6, 6.07) is 9.20. The minimum atomic E-state index is -0.463. The Morgan fingerprint density at radius 3 is 2.44 bits per heavy atom. The molecule has 0 aliphatic heterocycles. The number of aromatic nitrogens is 4. The molecule has 2 aromatic heterocycles. The Balaban J connectivity index is 1.59. The first-order valence-corrected chi connectivity index (χ1v) is 11.8. The smallest absolute Gasteiger partial charge is 0.272 e. The predicted octanol–water partition coefficient (Wildman–Crippen LogP) is 3.86. The van der Waals surface area contributed by atoms with Crippen LogP contribution in [0.15, 0.2) is 40.4 Å². The average Bonchev–Trinajstić information content (AvgIpc) is 3.53. The Hall–Kier alpha value is -3.60. The van der Waals surface area contributed by atoms with Crippen LogP contribution in [0.3, 0.4) is 0 Å². The molecular formula is C23H28N8O2S. The highest BCUT2D eigenvalue weighted by atomic mass is 32.2. The number of nitrogens with zero attached hydrogens (tertiary/aromatic N) is 3. The van der Waals surface area contributed by atoms with Gasteiger partial charge in [-0.25, -0.2) is 9.97 Å². The van der Waals surface area contributed by atoms with Gasteiger partial charge in [0.05, 0.1) is 0 Å². The number of aryl methyl sites for hydroxylation is 1. The SMILES string of the molecule is Cc1cc(Nc2nc(Sc3ccc(NC(=O)C4CC4)cc3)nc(C(=O)NC(C)(C)C)c2N)n[nH]1. The second-order valence-electron chi connectivity index (χ2n) is 9.27. The van der Waals surface area contributed by atoms with Crippen molar-refractivity contribution in [1.29, 1.82) is 0 Å². The van der Waals surface area contributed by atoms with Gasteiger partial charge in [0.15, 0.2) is 22.5 Å². The number of anilines is 4. The minimum absolute atomic E-state index is 0.0566. The van der Waals surface area contributed by atoms with E-state index in [0.717, 1.165) is 29.1 Å².